The van der Waals surface area contributed by atoms with Gasteiger partial charge in [-0.05, 0) is 7.05 Å². The summed E-state index contributed by atoms with van der Waals surface area (Å²) in [5.74, 6) is -0.445. The Morgan fingerprint density at radius 1 is 1.35 bits per heavy atom. The van der Waals surface area contributed by atoms with Crippen molar-refractivity contribution in [2.24, 2.45) is 0 Å². The second kappa shape index (κ2) is 6.65. The Morgan fingerprint density at radius 2 is 2.00 bits per heavy atom. The number of piperazine rings is 1. The van der Waals surface area contributed by atoms with Gasteiger partial charge in [-0.2, -0.15) is 0 Å². The number of aliphatic carboxylic acids is 1. The summed E-state index contributed by atoms with van der Waals surface area (Å²) < 4.78 is 0. The molecule has 0 spiro atoms. The number of rotatable bonds is 5. The molecule has 1 aliphatic heterocycles. The van der Waals surface area contributed by atoms with Crippen LogP contribution in [0.2, 0.25) is 0 Å². The van der Waals surface area contributed by atoms with Crippen LogP contribution in [0.5, 0.6) is 0 Å². The lowest BCUT2D eigenvalue weighted by atomic mass is 10.2. The fourth-order valence-electron chi connectivity index (χ4n) is 2.26. The Balaban J connectivity index is 2.10. The van der Waals surface area contributed by atoms with Gasteiger partial charge < -0.3 is 10.0 Å². The number of likely N-dealkylation sites (N-methyl/N-ethyl adjacent to an activating group) is 1. The smallest absolute Gasteiger partial charge is 0.309 e. The zero-order chi connectivity index (χ0) is 14.7. The lowest BCUT2D eigenvalue weighted by Crippen LogP contribution is -2.43. The quantitative estimate of drug-likeness (QED) is 0.895. The number of hydrogen-bond donors (Lipinski definition) is 1. The molecular weight excluding hydrogens is 274 g/mol. The molecule has 1 saturated heterocycles. The molecule has 0 aliphatic carbocycles. The predicted octanol–water partition coefficient (Wildman–Crippen LogP) is 1.64. The van der Waals surface area contributed by atoms with Crippen LogP contribution < -0.4 is 0 Å². The molecule has 112 valence electrons. The predicted molar refractivity (Wildman–Crippen MR) is 80.3 cm³/mol. The van der Waals surface area contributed by atoms with Crippen molar-refractivity contribution in [3.05, 3.63) is 15.6 Å². The highest BCUT2D eigenvalue weighted by atomic mass is 32.1. The Hall–Kier alpha value is -0.980. The van der Waals surface area contributed by atoms with Gasteiger partial charge in [-0.15, -0.1) is 11.3 Å². The number of thiazole rings is 1. The Labute approximate surface area is 124 Å². The van der Waals surface area contributed by atoms with E-state index in [9.17, 15) is 4.79 Å². The lowest BCUT2D eigenvalue weighted by molar-refractivity contribution is -0.136. The van der Waals surface area contributed by atoms with Crippen molar-refractivity contribution in [2.45, 2.75) is 32.7 Å². The van der Waals surface area contributed by atoms with Gasteiger partial charge in [0.2, 0.25) is 0 Å². The summed E-state index contributed by atoms with van der Waals surface area (Å²) in [5.41, 5.74) is 0.755. The van der Waals surface area contributed by atoms with Crippen molar-refractivity contribution in [2.75, 3.05) is 33.2 Å². The maximum atomic E-state index is 11.0. The van der Waals surface area contributed by atoms with E-state index in [0.29, 0.717) is 5.92 Å². The molecule has 0 unspecified atom stereocenters. The van der Waals surface area contributed by atoms with Crippen LogP contribution in [0.15, 0.2) is 0 Å². The second-order valence-corrected chi connectivity index (χ2v) is 6.84. The van der Waals surface area contributed by atoms with Crippen LogP contribution >= 0.6 is 11.3 Å². The van der Waals surface area contributed by atoms with E-state index in [2.05, 4.69) is 35.7 Å². The minimum absolute atomic E-state index is 0.0340. The SMILES string of the molecule is CC(C)c1nc(CC(=O)O)c(CN2CCN(C)CC2)s1. The molecule has 0 aromatic carbocycles. The minimum atomic E-state index is -0.801. The maximum Gasteiger partial charge on any atom is 0.309 e. The molecule has 1 aromatic rings. The molecular formula is C14H23N3O2S. The van der Waals surface area contributed by atoms with E-state index in [-0.39, 0.29) is 6.42 Å². The third kappa shape index (κ3) is 4.01. The summed E-state index contributed by atoms with van der Waals surface area (Å²) >= 11 is 1.67. The minimum Gasteiger partial charge on any atom is -0.481 e. The van der Waals surface area contributed by atoms with Gasteiger partial charge in [-0.1, -0.05) is 13.8 Å². The number of nitrogens with zero attached hydrogens (tertiary/aromatic N) is 3. The fourth-order valence-corrected chi connectivity index (χ4v) is 3.39. The number of carboxylic acids is 1. The van der Waals surface area contributed by atoms with Crippen LogP contribution in [-0.2, 0) is 17.8 Å². The molecule has 1 N–H and O–H groups in total. The van der Waals surface area contributed by atoms with E-state index < -0.39 is 5.97 Å². The molecule has 5 nitrogen and oxygen atoms in total. The zero-order valence-electron chi connectivity index (χ0n) is 12.4. The topological polar surface area (TPSA) is 56.7 Å². The molecule has 0 atom stereocenters. The van der Waals surface area contributed by atoms with E-state index in [1.165, 1.54) is 0 Å². The van der Waals surface area contributed by atoms with E-state index in [1.807, 2.05) is 0 Å². The number of carboxylic acid groups (broad SMARTS) is 1. The number of carbonyl (C=O) groups is 1. The van der Waals surface area contributed by atoms with Gasteiger partial charge in [0.05, 0.1) is 17.1 Å². The average molecular weight is 297 g/mol. The van der Waals surface area contributed by atoms with Crippen LogP contribution in [0.4, 0.5) is 0 Å². The molecule has 1 fully saturated rings. The first-order valence-corrected chi connectivity index (χ1v) is 7.88. The molecule has 1 aromatic heterocycles. The molecule has 2 rings (SSSR count). The van der Waals surface area contributed by atoms with Gasteiger partial charge in [0.15, 0.2) is 0 Å². The maximum absolute atomic E-state index is 11.0. The lowest BCUT2D eigenvalue weighted by Gasteiger charge is -2.32. The summed E-state index contributed by atoms with van der Waals surface area (Å²) in [7, 11) is 2.14. The fraction of sp³-hybridized carbons (Fsp3) is 0.714. The van der Waals surface area contributed by atoms with Crippen molar-refractivity contribution in [3.63, 3.8) is 0 Å². The van der Waals surface area contributed by atoms with Gasteiger partial charge in [0.25, 0.3) is 0 Å². The van der Waals surface area contributed by atoms with Crippen molar-refractivity contribution in [3.8, 4) is 0 Å². The highest BCUT2D eigenvalue weighted by Crippen LogP contribution is 2.26. The van der Waals surface area contributed by atoms with Gasteiger partial charge in [-0.3, -0.25) is 9.69 Å². The highest BCUT2D eigenvalue weighted by Gasteiger charge is 2.20. The standard InChI is InChI=1S/C14H23N3O2S/c1-10(2)14-15-11(8-13(18)19)12(20-14)9-17-6-4-16(3)5-7-17/h10H,4-9H2,1-3H3,(H,18,19). The summed E-state index contributed by atoms with van der Waals surface area (Å²) in [6.45, 7) is 9.26. The summed E-state index contributed by atoms with van der Waals surface area (Å²) in [6.07, 6.45) is 0.0340. The van der Waals surface area contributed by atoms with E-state index in [4.69, 9.17) is 5.11 Å². The Kier molecular flexibility index (Phi) is 5.12. The normalized spacial score (nSPS) is 17.8. The summed E-state index contributed by atoms with van der Waals surface area (Å²) in [5, 5.41) is 10.1. The first-order valence-electron chi connectivity index (χ1n) is 7.07. The van der Waals surface area contributed by atoms with Crippen LogP contribution in [0.1, 0.15) is 35.3 Å². The number of hydrogen-bond acceptors (Lipinski definition) is 5. The van der Waals surface area contributed by atoms with Crippen LogP contribution in [-0.4, -0.2) is 59.1 Å². The van der Waals surface area contributed by atoms with Gasteiger partial charge in [-0.25, -0.2) is 4.98 Å². The largest absolute Gasteiger partial charge is 0.481 e. The highest BCUT2D eigenvalue weighted by molar-refractivity contribution is 7.11. The van der Waals surface area contributed by atoms with Gasteiger partial charge in [0, 0.05) is 43.5 Å². The molecule has 2 heterocycles. The van der Waals surface area contributed by atoms with Crippen molar-refractivity contribution in [1.29, 1.82) is 0 Å². The summed E-state index contributed by atoms with van der Waals surface area (Å²) in [4.78, 5) is 21.3. The zero-order valence-corrected chi connectivity index (χ0v) is 13.2. The third-order valence-corrected chi connectivity index (χ3v) is 4.95. The molecule has 6 heteroatoms. The Bertz CT molecular complexity index is 465. The van der Waals surface area contributed by atoms with Gasteiger partial charge >= 0.3 is 5.97 Å². The molecule has 20 heavy (non-hydrogen) atoms. The first-order chi connectivity index (χ1) is 9.45. The van der Waals surface area contributed by atoms with E-state index >= 15 is 0 Å². The Morgan fingerprint density at radius 3 is 2.55 bits per heavy atom. The molecule has 0 bridgehead atoms. The van der Waals surface area contributed by atoms with E-state index in [1.54, 1.807) is 11.3 Å². The molecule has 0 radical (unpaired) electrons. The molecule has 0 amide bonds. The van der Waals surface area contributed by atoms with Crippen molar-refractivity contribution >= 4 is 17.3 Å². The molecule has 0 saturated carbocycles. The average Bonchev–Trinajstić information content (AvgIpc) is 2.75. The molecule has 1 aliphatic rings. The van der Waals surface area contributed by atoms with E-state index in [0.717, 1.165) is 48.3 Å². The first kappa shape index (κ1) is 15.4. The number of aromatic nitrogens is 1. The van der Waals surface area contributed by atoms with Crippen LogP contribution in [0, 0.1) is 0 Å². The van der Waals surface area contributed by atoms with Crippen molar-refractivity contribution in [1.82, 2.24) is 14.8 Å². The monoisotopic (exact) mass is 297 g/mol. The van der Waals surface area contributed by atoms with Crippen LogP contribution in [0.3, 0.4) is 0 Å². The third-order valence-electron chi connectivity index (χ3n) is 3.57. The second-order valence-electron chi connectivity index (χ2n) is 5.73. The van der Waals surface area contributed by atoms with Crippen LogP contribution in [0.25, 0.3) is 0 Å². The van der Waals surface area contributed by atoms with Gasteiger partial charge in [0.1, 0.15) is 0 Å². The summed E-state index contributed by atoms with van der Waals surface area (Å²) in [6, 6.07) is 0. The van der Waals surface area contributed by atoms with Crippen molar-refractivity contribution < 1.29 is 9.90 Å².